The summed E-state index contributed by atoms with van der Waals surface area (Å²) in [6.07, 6.45) is 2.59. The molecule has 0 atom stereocenters. The molecule has 0 unspecified atom stereocenters. The molecule has 10 nitrogen and oxygen atoms in total. The number of non-ortho nitro benzene ring substituents is 1. The molecule has 2 aromatic rings. The van der Waals surface area contributed by atoms with Gasteiger partial charge in [0.15, 0.2) is 18.1 Å². The maximum atomic E-state index is 12.0. The van der Waals surface area contributed by atoms with Crippen LogP contribution in [0.2, 0.25) is 0 Å². The van der Waals surface area contributed by atoms with Gasteiger partial charge in [-0.15, -0.1) is 0 Å². The first-order valence-electron chi connectivity index (χ1n) is 8.67. The number of halogens is 1. The highest BCUT2D eigenvalue weighted by Gasteiger charge is 2.13. The minimum atomic E-state index is -0.755. The van der Waals surface area contributed by atoms with E-state index in [4.69, 9.17) is 18.9 Å². The highest BCUT2D eigenvalue weighted by atomic mass is 79.9. The molecule has 2 aromatic carbocycles. The summed E-state index contributed by atoms with van der Waals surface area (Å²) in [5.74, 6) is -0.00487. The standard InChI is InChI=1S/C20H19BrN2O8/c1-28-16-10-18(30-3)17(29-2)8-12(16)4-7-20(25)31-11-19(24)22-15-6-5-13(23(26)27)9-14(15)21/h4-10H,11H2,1-3H3,(H,22,24)/b7-4+. The summed E-state index contributed by atoms with van der Waals surface area (Å²) >= 11 is 3.14. The number of amides is 1. The lowest BCUT2D eigenvalue weighted by Gasteiger charge is -2.12. The van der Waals surface area contributed by atoms with E-state index in [2.05, 4.69) is 21.2 Å². The molecule has 0 fully saturated rings. The lowest BCUT2D eigenvalue weighted by molar-refractivity contribution is -0.384. The smallest absolute Gasteiger partial charge is 0.331 e. The van der Waals surface area contributed by atoms with E-state index in [1.807, 2.05) is 0 Å². The van der Waals surface area contributed by atoms with E-state index >= 15 is 0 Å². The molecule has 31 heavy (non-hydrogen) atoms. The fraction of sp³-hybridized carbons (Fsp3) is 0.200. The molecule has 0 heterocycles. The zero-order valence-electron chi connectivity index (χ0n) is 16.8. The van der Waals surface area contributed by atoms with Crippen molar-refractivity contribution in [2.24, 2.45) is 0 Å². The van der Waals surface area contributed by atoms with Crippen LogP contribution in [0.3, 0.4) is 0 Å². The van der Waals surface area contributed by atoms with Crippen molar-refractivity contribution < 1.29 is 33.5 Å². The lowest BCUT2D eigenvalue weighted by atomic mass is 10.1. The van der Waals surface area contributed by atoms with Gasteiger partial charge in [0.05, 0.1) is 31.9 Å². The normalized spacial score (nSPS) is 10.5. The number of nitrogens with zero attached hydrogens (tertiary/aromatic N) is 1. The van der Waals surface area contributed by atoms with Crippen LogP contribution in [-0.4, -0.2) is 44.7 Å². The van der Waals surface area contributed by atoms with Gasteiger partial charge in [-0.1, -0.05) is 0 Å². The molecule has 11 heteroatoms. The maximum Gasteiger partial charge on any atom is 0.331 e. The molecular weight excluding hydrogens is 476 g/mol. The van der Waals surface area contributed by atoms with E-state index in [9.17, 15) is 19.7 Å². The lowest BCUT2D eigenvalue weighted by Crippen LogP contribution is -2.20. The molecule has 0 aliphatic carbocycles. The Kier molecular flexibility index (Phi) is 8.38. The Morgan fingerprint density at radius 2 is 1.71 bits per heavy atom. The molecule has 1 amide bonds. The second kappa shape index (κ2) is 11.0. The number of nitro groups is 1. The van der Waals surface area contributed by atoms with Crippen LogP contribution in [0.15, 0.2) is 40.9 Å². The van der Waals surface area contributed by atoms with Gasteiger partial charge in [0.1, 0.15) is 5.75 Å². The van der Waals surface area contributed by atoms with Crippen LogP contribution in [0.1, 0.15) is 5.56 Å². The fourth-order valence-electron chi connectivity index (χ4n) is 2.43. The van der Waals surface area contributed by atoms with E-state index in [0.29, 0.717) is 33.0 Å². The number of hydrogen-bond donors (Lipinski definition) is 1. The Balaban J connectivity index is 1.98. The minimum absolute atomic E-state index is 0.132. The Labute approximate surface area is 186 Å². The fourth-order valence-corrected chi connectivity index (χ4v) is 2.90. The van der Waals surface area contributed by atoms with E-state index in [1.54, 1.807) is 12.1 Å². The first kappa shape index (κ1) is 23.7. The minimum Gasteiger partial charge on any atom is -0.496 e. The van der Waals surface area contributed by atoms with Crippen molar-refractivity contribution in [1.29, 1.82) is 0 Å². The van der Waals surface area contributed by atoms with Gasteiger partial charge in [-0.25, -0.2) is 4.79 Å². The van der Waals surface area contributed by atoms with Gasteiger partial charge in [0.25, 0.3) is 11.6 Å². The first-order valence-corrected chi connectivity index (χ1v) is 9.47. The Bertz CT molecular complexity index is 1020. The number of nitrogens with one attached hydrogen (secondary N) is 1. The van der Waals surface area contributed by atoms with Crippen LogP contribution < -0.4 is 19.5 Å². The molecule has 164 valence electrons. The van der Waals surface area contributed by atoms with Gasteiger partial charge in [-0.2, -0.15) is 0 Å². The van der Waals surface area contributed by atoms with Gasteiger partial charge < -0.3 is 24.3 Å². The van der Waals surface area contributed by atoms with Crippen molar-refractivity contribution in [1.82, 2.24) is 0 Å². The predicted octanol–water partition coefficient (Wildman–Crippen LogP) is 3.58. The topological polar surface area (TPSA) is 126 Å². The number of carbonyl (C=O) groups is 2. The third-order valence-electron chi connectivity index (χ3n) is 3.92. The van der Waals surface area contributed by atoms with Crippen molar-refractivity contribution in [3.05, 3.63) is 56.6 Å². The zero-order valence-corrected chi connectivity index (χ0v) is 18.4. The van der Waals surface area contributed by atoms with E-state index in [-0.39, 0.29) is 5.69 Å². The Morgan fingerprint density at radius 3 is 2.29 bits per heavy atom. The Hall–Kier alpha value is -3.60. The number of benzene rings is 2. The molecule has 2 rings (SSSR count). The number of rotatable bonds is 9. The van der Waals surface area contributed by atoms with Crippen molar-refractivity contribution in [3.8, 4) is 17.2 Å². The van der Waals surface area contributed by atoms with Gasteiger partial charge >= 0.3 is 5.97 Å². The van der Waals surface area contributed by atoms with E-state index in [0.717, 1.165) is 6.08 Å². The second-order valence-electron chi connectivity index (χ2n) is 5.86. The van der Waals surface area contributed by atoms with E-state index in [1.165, 1.54) is 45.6 Å². The number of hydrogen-bond acceptors (Lipinski definition) is 8. The summed E-state index contributed by atoms with van der Waals surface area (Å²) in [7, 11) is 4.44. The molecule has 1 N–H and O–H groups in total. The third kappa shape index (κ3) is 6.44. The number of carbonyl (C=O) groups excluding carboxylic acids is 2. The molecule has 0 bridgehead atoms. The average molecular weight is 495 g/mol. The van der Waals surface area contributed by atoms with Crippen LogP contribution in [-0.2, 0) is 14.3 Å². The van der Waals surface area contributed by atoms with Gasteiger partial charge in [-0.05, 0) is 34.1 Å². The quantitative estimate of drug-likeness (QED) is 0.242. The highest BCUT2D eigenvalue weighted by Crippen LogP contribution is 2.35. The average Bonchev–Trinajstić information content (AvgIpc) is 2.76. The molecule has 0 aromatic heterocycles. The number of nitro benzene ring substituents is 1. The predicted molar refractivity (Wildman–Crippen MR) is 116 cm³/mol. The number of methoxy groups -OCH3 is 3. The zero-order chi connectivity index (χ0) is 23.0. The van der Waals surface area contributed by atoms with Crippen LogP contribution in [0.4, 0.5) is 11.4 Å². The van der Waals surface area contributed by atoms with Gasteiger partial charge in [0.2, 0.25) is 0 Å². The van der Waals surface area contributed by atoms with Crippen LogP contribution >= 0.6 is 15.9 Å². The largest absolute Gasteiger partial charge is 0.496 e. The highest BCUT2D eigenvalue weighted by molar-refractivity contribution is 9.10. The summed E-state index contributed by atoms with van der Waals surface area (Å²) in [6, 6.07) is 7.09. The Morgan fingerprint density at radius 1 is 1.06 bits per heavy atom. The summed E-state index contributed by atoms with van der Waals surface area (Å²) in [5.41, 5.74) is 0.709. The molecule has 0 radical (unpaired) electrons. The summed E-state index contributed by atoms with van der Waals surface area (Å²) in [4.78, 5) is 34.2. The number of anilines is 1. The van der Waals surface area contributed by atoms with E-state index < -0.39 is 23.4 Å². The van der Waals surface area contributed by atoms with Crippen LogP contribution in [0, 0.1) is 10.1 Å². The van der Waals surface area contributed by atoms with Crippen LogP contribution in [0.5, 0.6) is 17.2 Å². The van der Waals surface area contributed by atoms with Crippen LogP contribution in [0.25, 0.3) is 6.08 Å². The van der Waals surface area contributed by atoms with Crippen molar-refractivity contribution in [2.75, 3.05) is 33.3 Å². The monoisotopic (exact) mass is 494 g/mol. The molecule has 0 aliphatic heterocycles. The number of esters is 1. The second-order valence-corrected chi connectivity index (χ2v) is 6.71. The molecule has 0 saturated carbocycles. The molecular formula is C20H19BrN2O8. The molecule has 0 aliphatic rings. The summed E-state index contributed by atoms with van der Waals surface area (Å²) < 4.78 is 20.9. The van der Waals surface area contributed by atoms with Gasteiger partial charge in [-0.3, -0.25) is 14.9 Å². The van der Waals surface area contributed by atoms with Crippen molar-refractivity contribution in [2.45, 2.75) is 0 Å². The van der Waals surface area contributed by atoms with Gasteiger partial charge in [0, 0.05) is 34.3 Å². The summed E-state index contributed by atoms with van der Waals surface area (Å²) in [6.45, 7) is -0.546. The van der Waals surface area contributed by atoms with Crippen molar-refractivity contribution in [3.63, 3.8) is 0 Å². The maximum absolute atomic E-state index is 12.0. The molecule has 0 saturated heterocycles. The van der Waals surface area contributed by atoms with Crippen molar-refractivity contribution >= 4 is 45.3 Å². The summed E-state index contributed by atoms with van der Waals surface area (Å²) in [5, 5.41) is 13.2. The first-order chi connectivity index (χ1) is 14.8. The molecule has 0 spiro atoms. The number of ether oxygens (including phenoxy) is 4. The third-order valence-corrected chi connectivity index (χ3v) is 4.57. The SMILES string of the molecule is COc1cc(OC)c(OC)cc1/C=C/C(=O)OCC(=O)Nc1ccc([N+](=O)[O-])cc1Br.